The number of oxime groups is 1. The number of carboxylic acids is 1. The molecule has 0 radical (unpaired) electrons. The van der Waals surface area contributed by atoms with E-state index in [2.05, 4.69) is 52.7 Å². The molecule has 9 amide bonds. The molecule has 0 unspecified atom stereocenters. The minimum absolute atomic E-state index is 0.00452. The number of carboxylic acid groups (broad SMARTS) is 1. The summed E-state index contributed by atoms with van der Waals surface area (Å²) in [6.07, 6.45) is -0.00440. The van der Waals surface area contributed by atoms with E-state index < -0.39 is 164 Å². The van der Waals surface area contributed by atoms with E-state index in [0.717, 1.165) is 33.3 Å². The van der Waals surface area contributed by atoms with Crippen molar-refractivity contribution in [1.29, 1.82) is 0 Å². The number of Topliss-reactive ketones (excluding diaryl/α,β-unsaturated/α-hetero) is 5. The molecule has 1 aromatic carbocycles. The summed E-state index contributed by atoms with van der Waals surface area (Å²) in [5, 5.41) is 34.9. The monoisotopic (exact) mass is 1730 g/mol. The standard InChI is InChI=1S/C75H119N13O27S3/c1-2-84-115-47-68(97)81-20-24-108-28-32-111-34-36-112-35-33-110-31-27-107-23-19-80-67(96)46-114-45-66(95)79-17-7-6-15-58-74(104)88-61-50-118-117-49-60(87-73(103)55(41-70(99)100)38-57(90)42-83-71(101)53(39-63(61)92)13-8-18-82-75(77)78)64(93)40-54(37-52-11-4-3-5-12-52)72(102)86-59(48-116-51-69(98)85-58)62(91)16-10-22-106-26-30-109-29-25-105-21-9-14-56(89)43-113-44-65(76)94/h2-5,11-12,53-55,58-61H,6-10,13-51H2,1H3,(H2,76,94)(H,79,95)(H,80,96)(H,81,97)(H,83,101)(H,85,98)(H,86,102)(H,87,103)(H,88,104)(H,99,100)(H4,77,78,82)/b84-2+/t53-,54-,55+,58+,59+,60+,61+/m1/s1. The van der Waals surface area contributed by atoms with Gasteiger partial charge in [0.25, 0.3) is 5.91 Å². The van der Waals surface area contributed by atoms with E-state index in [0.29, 0.717) is 64.8 Å². The molecule has 2 fully saturated rings. The molecule has 43 heteroatoms. The summed E-state index contributed by atoms with van der Waals surface area (Å²) in [5.41, 5.74) is 16.7. The van der Waals surface area contributed by atoms with Crippen LogP contribution in [0.3, 0.4) is 0 Å². The summed E-state index contributed by atoms with van der Waals surface area (Å²) >= 11 is 0.948. The maximum absolute atomic E-state index is 14.9. The Kier molecular flexibility index (Phi) is 58.5. The van der Waals surface area contributed by atoms with Gasteiger partial charge >= 0.3 is 5.97 Å². The molecule has 0 aliphatic carbocycles. The second kappa shape index (κ2) is 66.5. The number of unbranched alkanes of at least 4 members (excludes halogenated alkanes) is 1. The molecule has 664 valence electrons. The number of thioether (sulfide) groups is 1. The fourth-order valence-corrected chi connectivity index (χ4v) is 14.3. The smallest absolute Gasteiger partial charge is 0.304 e. The molecule has 1 aromatic rings. The van der Waals surface area contributed by atoms with Gasteiger partial charge in [0.1, 0.15) is 32.5 Å². The fourth-order valence-electron chi connectivity index (χ4n) is 11.0. The second-order valence-electron chi connectivity index (χ2n) is 26.8. The van der Waals surface area contributed by atoms with Crippen LogP contribution < -0.4 is 59.7 Å². The lowest BCUT2D eigenvalue weighted by molar-refractivity contribution is -0.142. The number of nitrogens with two attached hydrogens (primary N) is 3. The Morgan fingerprint density at radius 2 is 1.03 bits per heavy atom. The Morgan fingerprint density at radius 3 is 1.59 bits per heavy atom. The summed E-state index contributed by atoms with van der Waals surface area (Å²) < 4.78 is 54.4. The van der Waals surface area contributed by atoms with Crippen LogP contribution in [-0.4, -0.2) is 324 Å². The number of ketones is 5. The van der Waals surface area contributed by atoms with Crippen LogP contribution in [0, 0.1) is 17.8 Å². The predicted molar refractivity (Wildman–Crippen MR) is 433 cm³/mol. The summed E-state index contributed by atoms with van der Waals surface area (Å²) in [6.45, 7) is 4.15. The highest BCUT2D eigenvalue weighted by molar-refractivity contribution is 8.76. The van der Waals surface area contributed by atoms with Gasteiger partial charge in [-0.25, -0.2) is 0 Å². The van der Waals surface area contributed by atoms with Crippen molar-refractivity contribution in [1.82, 2.24) is 42.5 Å². The summed E-state index contributed by atoms with van der Waals surface area (Å²) in [7, 11) is 1.97. The number of amides is 9. The van der Waals surface area contributed by atoms with Crippen LogP contribution in [0.1, 0.15) is 96.0 Å². The van der Waals surface area contributed by atoms with E-state index >= 15 is 0 Å². The number of ether oxygens (including phenoxy) is 10. The number of carbonyl (C=O) groups excluding carboxylic acids is 14. The number of nitrogens with one attached hydrogen (secondary N) is 8. The fraction of sp³-hybridized carbons (Fsp3) is 0.693. The van der Waals surface area contributed by atoms with Crippen molar-refractivity contribution in [3.8, 4) is 0 Å². The Morgan fingerprint density at radius 1 is 0.517 bits per heavy atom. The van der Waals surface area contributed by atoms with Gasteiger partial charge < -0.3 is 117 Å². The molecule has 118 heavy (non-hydrogen) atoms. The van der Waals surface area contributed by atoms with Gasteiger partial charge in [-0.05, 0) is 63.9 Å². The molecule has 0 spiro atoms. The Balaban J connectivity index is 1.73. The third-order valence-corrected chi connectivity index (χ3v) is 20.4. The van der Waals surface area contributed by atoms with Gasteiger partial charge in [0.05, 0.1) is 135 Å². The number of aliphatic carboxylic acids is 1. The number of guanidine groups is 1. The minimum Gasteiger partial charge on any atom is -0.481 e. The van der Waals surface area contributed by atoms with Gasteiger partial charge in [0, 0.05) is 107 Å². The van der Waals surface area contributed by atoms with Crippen molar-refractivity contribution in [3.63, 3.8) is 0 Å². The highest BCUT2D eigenvalue weighted by atomic mass is 33.1. The van der Waals surface area contributed by atoms with Crippen LogP contribution in [0.5, 0.6) is 0 Å². The zero-order valence-corrected chi connectivity index (χ0v) is 69.5. The SMILES string of the molecule is C/C=N/OCC(=O)NCCOCCOCCOCCOCCOCCNC(=O)COCC(=O)NCCCC[C@@H]1NC(=O)CSC[C@@H](C(=O)CCCOCCOCCOCCCC(=O)COCC(N)=O)NC(=O)[C@H](Cc2ccccc2)CC(=O)[C@@H]2CSSC[C@H](NC1=O)C(=O)C[C@@H](CCCN=C(N)N)C(=O)NCC(=O)C[C@@H](CC(=O)O)C(=O)N2. The number of aliphatic imine (C=N–C) groups is 1. The first-order valence-electron chi connectivity index (χ1n) is 39.1. The van der Waals surface area contributed by atoms with Crippen molar-refractivity contribution in [2.75, 3.05) is 194 Å². The van der Waals surface area contributed by atoms with Crippen molar-refractivity contribution in [2.45, 2.75) is 121 Å². The third-order valence-electron chi connectivity index (χ3n) is 16.9. The van der Waals surface area contributed by atoms with Gasteiger partial charge in [0.15, 0.2) is 41.5 Å². The van der Waals surface area contributed by atoms with Crippen LogP contribution in [0.2, 0.25) is 0 Å². The average molecular weight is 1730 g/mol. The van der Waals surface area contributed by atoms with Gasteiger partial charge in [-0.2, -0.15) is 0 Å². The molecule has 2 bridgehead atoms. The van der Waals surface area contributed by atoms with Gasteiger partial charge in [-0.1, -0.05) is 57.1 Å². The molecular formula is C75H119N13O27S3. The number of fused-ring (bicyclic) bond motifs is 5. The number of primary amides is 1. The Labute approximate surface area is 698 Å². The Bertz CT molecular complexity index is 3280. The van der Waals surface area contributed by atoms with Crippen LogP contribution in [0.25, 0.3) is 0 Å². The first-order chi connectivity index (χ1) is 56.9. The van der Waals surface area contributed by atoms with E-state index in [1.807, 2.05) is 0 Å². The van der Waals surface area contributed by atoms with E-state index in [-0.39, 0.29) is 197 Å². The molecule has 2 saturated heterocycles. The van der Waals surface area contributed by atoms with E-state index in [1.165, 1.54) is 6.21 Å². The highest BCUT2D eigenvalue weighted by Crippen LogP contribution is 2.27. The molecule has 2 heterocycles. The van der Waals surface area contributed by atoms with Gasteiger partial charge in [0.2, 0.25) is 47.3 Å². The zero-order valence-electron chi connectivity index (χ0n) is 67.0. The number of rotatable bonds is 57. The topological polar surface area (TPSA) is 577 Å². The maximum Gasteiger partial charge on any atom is 0.304 e. The Hall–Kier alpha value is -8.34. The molecule has 0 aromatic heterocycles. The third kappa shape index (κ3) is 53.2. The van der Waals surface area contributed by atoms with Crippen molar-refractivity contribution < 1.29 is 129 Å². The summed E-state index contributed by atoms with van der Waals surface area (Å²) in [5.74, 6) is -15.5. The second-order valence-corrected chi connectivity index (χ2v) is 30.3. The normalized spacial score (nSPS) is 19.1. The van der Waals surface area contributed by atoms with E-state index in [4.69, 9.17) is 69.4 Å². The zero-order chi connectivity index (χ0) is 86.2. The number of nitrogens with zero attached hydrogens (tertiary/aromatic N) is 2. The molecule has 15 N–H and O–H groups in total. The van der Waals surface area contributed by atoms with E-state index in [9.17, 15) is 77.0 Å². The summed E-state index contributed by atoms with van der Waals surface area (Å²) in [4.78, 5) is 210. The largest absolute Gasteiger partial charge is 0.481 e. The summed E-state index contributed by atoms with van der Waals surface area (Å²) in [6, 6.07) is 3.17. The molecule has 40 nitrogen and oxygen atoms in total. The number of carbonyl (C=O) groups is 15. The number of hydrogen-bond donors (Lipinski definition) is 12. The van der Waals surface area contributed by atoms with Crippen molar-refractivity contribution in [2.24, 2.45) is 45.1 Å². The lowest BCUT2D eigenvalue weighted by Crippen LogP contribution is -2.53. The number of hydrogen-bond acceptors (Lipinski definition) is 31. The van der Waals surface area contributed by atoms with Crippen LogP contribution in [0.4, 0.5) is 0 Å². The molecule has 2 aliphatic rings. The lowest BCUT2D eigenvalue weighted by atomic mass is 9.90. The molecular weight excluding hydrogens is 1610 g/mol. The first kappa shape index (κ1) is 104. The lowest BCUT2D eigenvalue weighted by Gasteiger charge is -2.26. The maximum atomic E-state index is 14.9. The average Bonchev–Trinajstić information content (AvgIpc) is 1.03. The minimum atomic E-state index is -1.55. The van der Waals surface area contributed by atoms with Crippen LogP contribution in [-0.2, 0) is 131 Å². The van der Waals surface area contributed by atoms with E-state index in [1.54, 1.807) is 37.3 Å². The molecule has 3 rings (SSSR count). The van der Waals surface area contributed by atoms with Crippen LogP contribution in [0.15, 0.2) is 40.5 Å². The molecule has 0 saturated carbocycles. The first-order valence-corrected chi connectivity index (χ1v) is 42.8. The number of benzene rings is 1. The highest BCUT2D eigenvalue weighted by Gasteiger charge is 2.36. The predicted octanol–water partition coefficient (Wildman–Crippen LogP) is -2.43. The van der Waals surface area contributed by atoms with Crippen LogP contribution >= 0.6 is 33.3 Å². The molecule has 2 aliphatic heterocycles. The van der Waals surface area contributed by atoms with Crippen molar-refractivity contribution in [3.05, 3.63) is 35.9 Å². The van der Waals surface area contributed by atoms with Gasteiger partial charge in [-0.15, -0.1) is 11.8 Å². The quantitative estimate of drug-likeness (QED) is 0.0106. The molecule has 7 atom stereocenters. The van der Waals surface area contributed by atoms with Gasteiger partial charge in [-0.3, -0.25) is 76.9 Å². The van der Waals surface area contributed by atoms with Crippen molar-refractivity contribution >= 4 is 134 Å².